The van der Waals surface area contributed by atoms with Crippen molar-refractivity contribution in [3.63, 3.8) is 0 Å². The lowest BCUT2D eigenvalue weighted by Crippen LogP contribution is -2.40. The Hall–Kier alpha value is -1.35. The maximum absolute atomic E-state index is 11.6. The minimum absolute atomic E-state index is 0.159. The van der Waals surface area contributed by atoms with Gasteiger partial charge in [0.15, 0.2) is 0 Å². The summed E-state index contributed by atoms with van der Waals surface area (Å²) in [4.78, 5) is 11.6. The third-order valence-electron chi connectivity index (χ3n) is 3.17. The van der Waals surface area contributed by atoms with E-state index in [1.165, 1.54) is 0 Å². The molecular weight excluding hydrogens is 202 g/mol. The molecule has 0 saturated heterocycles. The third kappa shape index (κ3) is 2.25. The number of aryl methyl sites for hydroxylation is 1. The molecule has 0 fully saturated rings. The van der Waals surface area contributed by atoms with Crippen molar-refractivity contribution in [3.8, 4) is 0 Å². The Kier molecular flexibility index (Phi) is 3.70. The molecule has 1 aromatic carbocycles. The molecule has 16 heavy (non-hydrogen) atoms. The summed E-state index contributed by atoms with van der Waals surface area (Å²) in [5, 5.41) is 13.0. The number of hydrogen-bond donors (Lipinski definition) is 2. The highest BCUT2D eigenvalue weighted by Gasteiger charge is 2.35. The Morgan fingerprint density at radius 1 is 1.44 bits per heavy atom. The highest BCUT2D eigenvalue weighted by atomic mass is 16.3. The van der Waals surface area contributed by atoms with Crippen molar-refractivity contribution in [2.24, 2.45) is 5.92 Å². The average molecular weight is 221 g/mol. The zero-order valence-electron chi connectivity index (χ0n) is 10.2. The summed E-state index contributed by atoms with van der Waals surface area (Å²) in [6.45, 7) is 5.33. The van der Waals surface area contributed by atoms with Gasteiger partial charge in [0.05, 0.1) is 11.5 Å². The van der Waals surface area contributed by atoms with Crippen molar-refractivity contribution in [1.82, 2.24) is 5.32 Å². The van der Waals surface area contributed by atoms with Crippen LogP contribution in [0.5, 0.6) is 0 Å². The lowest BCUT2D eigenvalue weighted by atomic mass is 9.81. The zero-order chi connectivity index (χ0) is 12.3. The van der Waals surface area contributed by atoms with Crippen molar-refractivity contribution in [2.75, 3.05) is 7.05 Å². The van der Waals surface area contributed by atoms with Gasteiger partial charge in [0.2, 0.25) is 5.91 Å². The van der Waals surface area contributed by atoms with Crippen molar-refractivity contribution in [2.45, 2.75) is 26.4 Å². The van der Waals surface area contributed by atoms with Crippen LogP contribution in [0.1, 0.15) is 25.0 Å². The molecule has 0 bridgehead atoms. The van der Waals surface area contributed by atoms with Crippen LogP contribution >= 0.6 is 0 Å². The Bertz CT molecular complexity index is 385. The number of carbonyl (C=O) groups is 1. The first kappa shape index (κ1) is 12.7. The van der Waals surface area contributed by atoms with E-state index in [0.717, 1.165) is 11.1 Å². The van der Waals surface area contributed by atoms with E-state index >= 15 is 0 Å². The van der Waals surface area contributed by atoms with Gasteiger partial charge >= 0.3 is 0 Å². The number of benzene rings is 1. The smallest absolute Gasteiger partial charge is 0.225 e. The number of aliphatic hydroxyl groups is 1. The first-order valence-electron chi connectivity index (χ1n) is 5.41. The van der Waals surface area contributed by atoms with Crippen LogP contribution in [0.4, 0.5) is 0 Å². The van der Waals surface area contributed by atoms with Gasteiger partial charge < -0.3 is 10.4 Å². The molecule has 1 rings (SSSR count). The topological polar surface area (TPSA) is 49.3 Å². The second-order valence-corrected chi connectivity index (χ2v) is 4.30. The van der Waals surface area contributed by atoms with Crippen LogP contribution in [0, 0.1) is 12.8 Å². The van der Waals surface area contributed by atoms with Crippen molar-refractivity contribution in [1.29, 1.82) is 0 Å². The number of amides is 1. The fraction of sp³-hybridized carbons (Fsp3) is 0.462. The molecule has 1 aromatic rings. The number of carbonyl (C=O) groups excluding carboxylic acids is 1. The van der Waals surface area contributed by atoms with E-state index in [0.29, 0.717) is 0 Å². The van der Waals surface area contributed by atoms with Gasteiger partial charge in [0.25, 0.3) is 0 Å². The summed E-state index contributed by atoms with van der Waals surface area (Å²) in [5.74, 6) is -0.646. The average Bonchev–Trinajstić information content (AvgIpc) is 2.27. The first-order valence-corrected chi connectivity index (χ1v) is 5.41. The van der Waals surface area contributed by atoms with Gasteiger partial charge in [-0.2, -0.15) is 0 Å². The van der Waals surface area contributed by atoms with Crippen molar-refractivity contribution in [3.05, 3.63) is 35.4 Å². The highest BCUT2D eigenvalue weighted by molar-refractivity contribution is 5.79. The maximum Gasteiger partial charge on any atom is 0.225 e. The molecule has 0 aliphatic carbocycles. The standard InChI is InChI=1S/C13H19NO2/c1-9-7-5-6-8-11(9)13(3,16)10(2)12(15)14-4/h5-8,10,16H,1-4H3,(H,14,15). The van der Waals surface area contributed by atoms with Gasteiger partial charge in [-0.1, -0.05) is 31.2 Å². The molecule has 0 aliphatic rings. The van der Waals surface area contributed by atoms with Crippen molar-refractivity contribution < 1.29 is 9.90 Å². The van der Waals surface area contributed by atoms with E-state index in [9.17, 15) is 9.90 Å². The second kappa shape index (κ2) is 4.66. The van der Waals surface area contributed by atoms with E-state index in [-0.39, 0.29) is 5.91 Å². The van der Waals surface area contributed by atoms with E-state index < -0.39 is 11.5 Å². The van der Waals surface area contributed by atoms with Crippen LogP contribution in [0.2, 0.25) is 0 Å². The molecule has 0 aliphatic heterocycles. The minimum atomic E-state index is -1.15. The monoisotopic (exact) mass is 221 g/mol. The highest BCUT2D eigenvalue weighted by Crippen LogP contribution is 2.31. The molecule has 0 aromatic heterocycles. The molecule has 88 valence electrons. The number of rotatable bonds is 3. The number of hydrogen-bond acceptors (Lipinski definition) is 2. The predicted molar refractivity (Wildman–Crippen MR) is 64.0 cm³/mol. The largest absolute Gasteiger partial charge is 0.385 e. The van der Waals surface area contributed by atoms with E-state index in [2.05, 4.69) is 5.32 Å². The van der Waals surface area contributed by atoms with Crippen LogP contribution in [-0.4, -0.2) is 18.1 Å². The Balaban J connectivity index is 3.11. The molecular formula is C13H19NO2. The van der Waals surface area contributed by atoms with Gasteiger partial charge in [-0.05, 0) is 25.0 Å². The van der Waals surface area contributed by atoms with Crippen LogP contribution in [0.25, 0.3) is 0 Å². The molecule has 0 saturated carbocycles. The van der Waals surface area contributed by atoms with E-state index in [1.54, 1.807) is 20.9 Å². The number of nitrogens with one attached hydrogen (secondary N) is 1. The fourth-order valence-corrected chi connectivity index (χ4v) is 1.85. The van der Waals surface area contributed by atoms with Crippen LogP contribution in [0.15, 0.2) is 24.3 Å². The quantitative estimate of drug-likeness (QED) is 0.814. The maximum atomic E-state index is 11.6. The van der Waals surface area contributed by atoms with Gasteiger partial charge in [0, 0.05) is 7.05 Å². The summed E-state index contributed by atoms with van der Waals surface area (Å²) in [6, 6.07) is 7.57. The Morgan fingerprint density at radius 3 is 2.50 bits per heavy atom. The molecule has 2 unspecified atom stereocenters. The lowest BCUT2D eigenvalue weighted by molar-refractivity contribution is -0.132. The molecule has 0 spiro atoms. The van der Waals surface area contributed by atoms with Gasteiger partial charge in [-0.3, -0.25) is 4.79 Å². The van der Waals surface area contributed by atoms with Crippen LogP contribution in [0.3, 0.4) is 0 Å². The molecule has 2 N–H and O–H groups in total. The molecule has 3 heteroatoms. The molecule has 3 nitrogen and oxygen atoms in total. The SMILES string of the molecule is CNC(=O)C(C)C(C)(O)c1ccccc1C. The summed E-state index contributed by atoms with van der Waals surface area (Å²) < 4.78 is 0. The van der Waals surface area contributed by atoms with Crippen LogP contribution in [-0.2, 0) is 10.4 Å². The minimum Gasteiger partial charge on any atom is -0.385 e. The second-order valence-electron chi connectivity index (χ2n) is 4.30. The fourth-order valence-electron chi connectivity index (χ4n) is 1.85. The third-order valence-corrected chi connectivity index (χ3v) is 3.17. The molecule has 1 amide bonds. The summed E-state index contributed by atoms with van der Waals surface area (Å²) in [5.41, 5.74) is 0.639. The normalized spacial score (nSPS) is 16.3. The zero-order valence-corrected chi connectivity index (χ0v) is 10.2. The molecule has 2 atom stereocenters. The van der Waals surface area contributed by atoms with Gasteiger partial charge in [-0.25, -0.2) is 0 Å². The Morgan fingerprint density at radius 2 is 2.00 bits per heavy atom. The van der Waals surface area contributed by atoms with E-state index in [1.807, 2.05) is 31.2 Å². The first-order chi connectivity index (χ1) is 7.41. The predicted octanol–water partition coefficient (Wildman–Crippen LogP) is 1.58. The van der Waals surface area contributed by atoms with Gasteiger partial charge in [-0.15, -0.1) is 0 Å². The molecule has 0 radical (unpaired) electrons. The summed E-state index contributed by atoms with van der Waals surface area (Å²) >= 11 is 0. The molecule has 0 heterocycles. The lowest BCUT2D eigenvalue weighted by Gasteiger charge is -2.30. The summed E-state index contributed by atoms with van der Waals surface area (Å²) in [6.07, 6.45) is 0. The van der Waals surface area contributed by atoms with Crippen LogP contribution < -0.4 is 5.32 Å². The van der Waals surface area contributed by atoms with E-state index in [4.69, 9.17) is 0 Å². The van der Waals surface area contributed by atoms with Crippen molar-refractivity contribution >= 4 is 5.91 Å². The summed E-state index contributed by atoms with van der Waals surface area (Å²) in [7, 11) is 1.58. The Labute approximate surface area is 96.5 Å². The van der Waals surface area contributed by atoms with Gasteiger partial charge in [0.1, 0.15) is 0 Å².